The molecule has 0 aliphatic heterocycles. The molecule has 2 aromatic carbocycles. The topological polar surface area (TPSA) is 0 Å². The predicted molar refractivity (Wildman–Crippen MR) is 141 cm³/mol. The van der Waals surface area contributed by atoms with Crippen LogP contribution in [-0.4, -0.2) is 7.57 Å². The zero-order chi connectivity index (χ0) is 23.3. The van der Waals surface area contributed by atoms with Crippen LogP contribution in [0.5, 0.6) is 0 Å². The van der Waals surface area contributed by atoms with Crippen LogP contribution in [0.25, 0.3) is 0 Å². The molecule has 2 heteroatoms. The highest BCUT2D eigenvalue weighted by Gasteiger charge is 2.28. The maximum atomic E-state index is 7.07. The summed E-state index contributed by atoms with van der Waals surface area (Å²) in [4.78, 5) is 0. The fourth-order valence-corrected chi connectivity index (χ4v) is 5.04. The summed E-state index contributed by atoms with van der Waals surface area (Å²) in [6.07, 6.45) is 0. The molecule has 162 valence electrons. The van der Waals surface area contributed by atoms with E-state index in [9.17, 15) is 0 Å². The monoisotopic (exact) mass is 421 g/mol. The molecule has 0 fully saturated rings. The predicted octanol–water partition coefficient (Wildman–Crippen LogP) is 7.13. The highest BCUT2D eigenvalue weighted by atomic mass is 31.1. The molecule has 0 spiro atoms. The Bertz CT molecular complexity index is 756. The van der Waals surface area contributed by atoms with Gasteiger partial charge in [0.15, 0.2) is 0 Å². The molecule has 0 heterocycles. The minimum absolute atomic E-state index is 0.0992. The number of benzene rings is 2. The van der Waals surface area contributed by atoms with Gasteiger partial charge in [-0.3, -0.25) is 0 Å². The Kier molecular flexibility index (Phi) is 6.83. The minimum atomic E-state index is -1.37. The van der Waals surface area contributed by atoms with Crippen molar-refractivity contribution >= 4 is 26.0 Å². The first-order valence-corrected chi connectivity index (χ1v) is 12.8. The van der Waals surface area contributed by atoms with E-state index in [1.165, 1.54) is 32.9 Å². The van der Waals surface area contributed by atoms with Gasteiger partial charge in [0.2, 0.25) is 0 Å². The van der Waals surface area contributed by atoms with Crippen LogP contribution in [0.2, 0.25) is 0 Å². The first kappa shape index (κ1) is 25.2. The van der Waals surface area contributed by atoms with Crippen LogP contribution < -0.4 is 10.6 Å². The van der Waals surface area contributed by atoms with Crippen LogP contribution in [0.15, 0.2) is 36.4 Å². The van der Waals surface area contributed by atoms with Crippen molar-refractivity contribution in [3.63, 3.8) is 0 Å². The first-order valence-electron chi connectivity index (χ1n) is 11.3. The van der Waals surface area contributed by atoms with Gasteiger partial charge in [0, 0.05) is 7.80 Å². The standard InChI is InChI=1S/C28H43BP/c1-25(2,3)19-13-20(26(4,5)6)16-23(15-19)30(29)24-17-21(27(7,8)9)14-22(18-24)28(10,11)12/h13-18,30H,1-12H3/q+1. The van der Waals surface area contributed by atoms with Crippen LogP contribution in [0.1, 0.15) is 105 Å². The number of hydrogen-bond acceptors (Lipinski definition) is 0. The Morgan fingerprint density at radius 1 is 0.433 bits per heavy atom. The second-order valence-corrected chi connectivity index (χ2v) is 15.0. The lowest BCUT2D eigenvalue weighted by molar-refractivity contribution is 0.569. The van der Waals surface area contributed by atoms with Gasteiger partial charge in [-0.15, -0.1) is 0 Å². The Morgan fingerprint density at radius 2 is 0.633 bits per heavy atom. The van der Waals surface area contributed by atoms with Crippen LogP contribution in [0.3, 0.4) is 0 Å². The highest BCUT2D eigenvalue weighted by molar-refractivity contribution is 7.94. The molecule has 0 aliphatic carbocycles. The van der Waals surface area contributed by atoms with Gasteiger partial charge in [-0.2, -0.15) is 0 Å². The van der Waals surface area contributed by atoms with E-state index in [-0.39, 0.29) is 21.7 Å². The summed E-state index contributed by atoms with van der Waals surface area (Å²) in [6.45, 7) is 27.5. The van der Waals surface area contributed by atoms with Gasteiger partial charge in [-0.05, 0) is 68.2 Å². The van der Waals surface area contributed by atoms with E-state index >= 15 is 0 Å². The molecule has 0 nitrogen and oxygen atoms in total. The largest absolute Gasteiger partial charge is 0.374 e. The van der Waals surface area contributed by atoms with Crippen molar-refractivity contribution < 1.29 is 0 Å². The molecule has 2 radical (unpaired) electrons. The molecular weight excluding hydrogens is 378 g/mol. The summed E-state index contributed by atoms with van der Waals surface area (Å²) >= 11 is 0. The fourth-order valence-electron chi connectivity index (χ4n) is 3.46. The molecule has 0 unspecified atom stereocenters. The van der Waals surface area contributed by atoms with Gasteiger partial charge >= 0.3 is 7.57 Å². The lowest BCUT2D eigenvalue weighted by Gasteiger charge is -2.27. The molecule has 0 saturated heterocycles. The molecule has 2 aromatic rings. The van der Waals surface area contributed by atoms with Crippen molar-refractivity contribution in [1.82, 2.24) is 0 Å². The van der Waals surface area contributed by atoms with Crippen molar-refractivity contribution in [2.75, 3.05) is 0 Å². The van der Waals surface area contributed by atoms with Crippen LogP contribution in [0.4, 0.5) is 0 Å². The second-order valence-electron chi connectivity index (χ2n) is 13.0. The molecule has 0 aliphatic rings. The van der Waals surface area contributed by atoms with Gasteiger partial charge in [0.1, 0.15) is 0 Å². The Hall–Kier alpha value is -1.07. The van der Waals surface area contributed by atoms with Crippen molar-refractivity contribution in [3.05, 3.63) is 58.7 Å². The van der Waals surface area contributed by atoms with E-state index in [0.717, 1.165) is 0 Å². The quantitative estimate of drug-likeness (QED) is 0.358. The minimum Gasteiger partial charge on any atom is -0.0561 e. The van der Waals surface area contributed by atoms with Crippen LogP contribution in [0, 0.1) is 0 Å². The smallest absolute Gasteiger partial charge is 0.0561 e. The zero-order valence-corrected chi connectivity index (χ0v) is 22.5. The molecule has 0 aromatic heterocycles. The lowest BCUT2D eigenvalue weighted by Crippen LogP contribution is -2.24. The summed E-state index contributed by atoms with van der Waals surface area (Å²) in [5.74, 6) is 0. The van der Waals surface area contributed by atoms with Crippen molar-refractivity contribution in [2.24, 2.45) is 0 Å². The first-order chi connectivity index (χ1) is 13.3. The van der Waals surface area contributed by atoms with E-state index in [0.29, 0.717) is 0 Å². The lowest BCUT2D eigenvalue weighted by atomic mass is 9.81. The SMILES string of the molecule is [B][PH+](c1cc(C(C)(C)C)cc(C(C)(C)C)c1)c1cc(C(C)(C)C)cc(C(C)(C)C)c1. The number of hydrogen-bond donors (Lipinski definition) is 0. The highest BCUT2D eigenvalue weighted by Crippen LogP contribution is 2.37. The van der Waals surface area contributed by atoms with Crippen molar-refractivity contribution in [1.29, 1.82) is 0 Å². The average Bonchev–Trinajstić information content (AvgIpc) is 2.57. The Balaban J connectivity index is 2.72. The molecule has 0 saturated carbocycles. The third kappa shape index (κ3) is 6.00. The zero-order valence-electron chi connectivity index (χ0n) is 21.5. The third-order valence-electron chi connectivity index (χ3n) is 5.95. The van der Waals surface area contributed by atoms with E-state index in [1.807, 2.05) is 0 Å². The molecule has 30 heavy (non-hydrogen) atoms. The Labute approximate surface area is 189 Å². The van der Waals surface area contributed by atoms with E-state index < -0.39 is 7.80 Å². The summed E-state index contributed by atoms with van der Waals surface area (Å²) in [5.41, 5.74) is 5.90. The number of rotatable bonds is 2. The van der Waals surface area contributed by atoms with Crippen molar-refractivity contribution in [3.8, 4) is 0 Å². The molecular formula is C28H43BP+. The van der Waals surface area contributed by atoms with Gasteiger partial charge in [0.25, 0.3) is 0 Å². The normalized spacial score (nSPS) is 13.8. The average molecular weight is 421 g/mol. The molecule has 0 amide bonds. The summed E-state index contributed by atoms with van der Waals surface area (Å²) in [6, 6.07) is 14.2. The van der Waals surface area contributed by atoms with E-state index in [2.05, 4.69) is 119 Å². The molecule has 0 atom stereocenters. The maximum absolute atomic E-state index is 7.07. The van der Waals surface area contributed by atoms with Crippen molar-refractivity contribution in [2.45, 2.75) is 105 Å². The fraction of sp³-hybridized carbons (Fsp3) is 0.571. The van der Waals surface area contributed by atoms with Gasteiger partial charge < -0.3 is 0 Å². The Morgan fingerprint density at radius 3 is 0.800 bits per heavy atom. The van der Waals surface area contributed by atoms with E-state index in [1.54, 1.807) is 0 Å². The third-order valence-corrected chi connectivity index (χ3v) is 7.77. The molecule has 2 rings (SSSR count). The maximum Gasteiger partial charge on any atom is 0.374 e. The molecule has 0 bridgehead atoms. The summed E-state index contributed by atoms with van der Waals surface area (Å²) in [7, 11) is 5.70. The van der Waals surface area contributed by atoms with Gasteiger partial charge in [-0.25, -0.2) is 0 Å². The van der Waals surface area contributed by atoms with Gasteiger partial charge in [-0.1, -0.05) is 95.2 Å². The summed E-state index contributed by atoms with van der Waals surface area (Å²) in [5, 5.41) is 2.62. The second kappa shape index (κ2) is 8.13. The van der Waals surface area contributed by atoms with E-state index in [4.69, 9.17) is 7.57 Å². The van der Waals surface area contributed by atoms with Crippen LogP contribution in [-0.2, 0) is 21.7 Å². The summed E-state index contributed by atoms with van der Waals surface area (Å²) < 4.78 is 0. The molecule has 0 N–H and O–H groups in total. The van der Waals surface area contributed by atoms with Gasteiger partial charge in [0.05, 0.1) is 10.6 Å². The van der Waals surface area contributed by atoms with Crippen LogP contribution >= 0.6 is 7.80 Å².